The van der Waals surface area contributed by atoms with Crippen LogP contribution in [0.25, 0.3) is 0 Å². The van der Waals surface area contributed by atoms with Gasteiger partial charge in [-0.25, -0.2) is 9.07 Å². The van der Waals surface area contributed by atoms with Crippen molar-refractivity contribution in [2.24, 2.45) is 12.8 Å². The lowest BCUT2D eigenvalue weighted by atomic mass is 10.2. The molecule has 0 fully saturated rings. The summed E-state index contributed by atoms with van der Waals surface area (Å²) in [4.78, 5) is 0.0156. The molecular formula is C10H9BrFN5O2S2. The topological polar surface area (TPSA) is 103 Å². The van der Waals surface area contributed by atoms with Crippen molar-refractivity contribution in [2.45, 2.75) is 5.03 Å². The standard InChI is InChI=1S/C10H9BrFN5O2S2/c1-17-10(8(11)14-16-17)21(18,19)15-7-3-2-5(9(13)20)4-6(7)12/h2-4,15H,1H3,(H2,13,20). The highest BCUT2D eigenvalue weighted by molar-refractivity contribution is 9.10. The van der Waals surface area contributed by atoms with E-state index in [-0.39, 0.29) is 20.3 Å². The first-order valence-corrected chi connectivity index (χ1v) is 8.08. The summed E-state index contributed by atoms with van der Waals surface area (Å²) in [5.74, 6) is -0.796. The van der Waals surface area contributed by atoms with Crippen molar-refractivity contribution >= 4 is 48.8 Å². The van der Waals surface area contributed by atoms with Crippen LogP contribution in [0, 0.1) is 5.82 Å². The Morgan fingerprint density at radius 1 is 1.52 bits per heavy atom. The van der Waals surface area contributed by atoms with Crippen molar-refractivity contribution in [3.05, 3.63) is 34.2 Å². The number of hydrogen-bond acceptors (Lipinski definition) is 5. The van der Waals surface area contributed by atoms with Gasteiger partial charge in [0, 0.05) is 12.6 Å². The first-order chi connectivity index (χ1) is 9.72. The van der Waals surface area contributed by atoms with Crippen LogP contribution >= 0.6 is 28.1 Å². The smallest absolute Gasteiger partial charge is 0.282 e. The predicted molar refractivity (Wildman–Crippen MR) is 81.8 cm³/mol. The maximum Gasteiger partial charge on any atom is 0.282 e. The van der Waals surface area contributed by atoms with Gasteiger partial charge in [-0.05, 0) is 34.1 Å². The Morgan fingerprint density at radius 3 is 2.67 bits per heavy atom. The molecule has 112 valence electrons. The molecule has 7 nitrogen and oxygen atoms in total. The molecule has 0 saturated heterocycles. The summed E-state index contributed by atoms with van der Waals surface area (Å²) in [6.07, 6.45) is 0. The molecule has 0 unspecified atom stereocenters. The van der Waals surface area contributed by atoms with Crippen LogP contribution in [-0.4, -0.2) is 28.4 Å². The first kappa shape index (κ1) is 15.8. The molecule has 0 atom stereocenters. The number of rotatable bonds is 4. The molecule has 3 N–H and O–H groups in total. The monoisotopic (exact) mass is 393 g/mol. The van der Waals surface area contributed by atoms with E-state index in [2.05, 4.69) is 31.0 Å². The van der Waals surface area contributed by atoms with Crippen molar-refractivity contribution < 1.29 is 12.8 Å². The Hall–Kier alpha value is -1.59. The Labute approximate surface area is 133 Å². The van der Waals surface area contributed by atoms with Gasteiger partial charge in [-0.2, -0.15) is 8.42 Å². The van der Waals surface area contributed by atoms with E-state index in [1.165, 1.54) is 19.2 Å². The van der Waals surface area contributed by atoms with Crippen LogP contribution in [0.2, 0.25) is 0 Å². The van der Waals surface area contributed by atoms with Gasteiger partial charge in [0.1, 0.15) is 10.8 Å². The summed E-state index contributed by atoms with van der Waals surface area (Å²) in [5.41, 5.74) is 5.44. The van der Waals surface area contributed by atoms with E-state index in [1.54, 1.807) is 0 Å². The quantitative estimate of drug-likeness (QED) is 0.755. The second-order valence-electron chi connectivity index (χ2n) is 3.97. The zero-order valence-corrected chi connectivity index (χ0v) is 13.8. The Kier molecular flexibility index (Phi) is 4.25. The fourth-order valence-electron chi connectivity index (χ4n) is 1.55. The van der Waals surface area contributed by atoms with Gasteiger partial charge in [-0.15, -0.1) is 5.10 Å². The maximum atomic E-state index is 13.9. The minimum absolute atomic E-state index is 0.0156. The van der Waals surface area contributed by atoms with Gasteiger partial charge >= 0.3 is 0 Å². The molecule has 0 spiro atoms. The van der Waals surface area contributed by atoms with Crippen molar-refractivity contribution in [3.63, 3.8) is 0 Å². The van der Waals surface area contributed by atoms with Crippen LogP contribution in [-0.2, 0) is 17.1 Å². The Bertz CT molecular complexity index is 801. The fraction of sp³-hybridized carbons (Fsp3) is 0.100. The number of aryl methyl sites for hydroxylation is 1. The summed E-state index contributed by atoms with van der Waals surface area (Å²) in [5, 5.41) is 6.90. The van der Waals surface area contributed by atoms with Gasteiger partial charge in [-0.1, -0.05) is 17.4 Å². The molecule has 0 aliphatic heterocycles. The zero-order chi connectivity index (χ0) is 15.8. The second kappa shape index (κ2) is 5.66. The van der Waals surface area contributed by atoms with Gasteiger partial charge < -0.3 is 5.73 Å². The number of sulfonamides is 1. The molecule has 21 heavy (non-hydrogen) atoms. The molecule has 1 aromatic carbocycles. The highest BCUT2D eigenvalue weighted by Gasteiger charge is 2.25. The summed E-state index contributed by atoms with van der Waals surface area (Å²) in [7, 11) is -2.65. The van der Waals surface area contributed by atoms with E-state index in [0.29, 0.717) is 5.56 Å². The lowest BCUT2D eigenvalue weighted by Gasteiger charge is -2.09. The number of anilines is 1. The molecule has 0 aliphatic carbocycles. The molecule has 0 aliphatic rings. The van der Waals surface area contributed by atoms with Crippen LogP contribution in [0.15, 0.2) is 27.8 Å². The van der Waals surface area contributed by atoms with Crippen molar-refractivity contribution in [3.8, 4) is 0 Å². The van der Waals surface area contributed by atoms with E-state index >= 15 is 0 Å². The molecule has 1 heterocycles. The highest BCUT2D eigenvalue weighted by atomic mass is 79.9. The lowest BCUT2D eigenvalue weighted by molar-refractivity contribution is 0.577. The summed E-state index contributed by atoms with van der Waals surface area (Å²) < 4.78 is 41.5. The largest absolute Gasteiger partial charge is 0.389 e. The van der Waals surface area contributed by atoms with Crippen molar-refractivity contribution in [1.82, 2.24) is 15.0 Å². The van der Waals surface area contributed by atoms with E-state index in [0.717, 1.165) is 10.7 Å². The molecule has 0 bridgehead atoms. The lowest BCUT2D eigenvalue weighted by Crippen LogP contribution is -2.18. The first-order valence-electron chi connectivity index (χ1n) is 5.39. The summed E-state index contributed by atoms with van der Waals surface area (Å²) in [6, 6.07) is 3.70. The second-order valence-corrected chi connectivity index (χ2v) is 6.76. The van der Waals surface area contributed by atoms with Crippen LogP contribution in [0.4, 0.5) is 10.1 Å². The number of nitrogens with two attached hydrogens (primary N) is 1. The molecule has 0 amide bonds. The number of hydrogen-bond donors (Lipinski definition) is 2. The van der Waals surface area contributed by atoms with E-state index in [4.69, 9.17) is 18.0 Å². The number of aromatic nitrogens is 3. The molecule has 2 rings (SSSR count). The molecule has 1 aromatic heterocycles. The maximum absolute atomic E-state index is 13.9. The fourth-order valence-corrected chi connectivity index (χ4v) is 3.84. The van der Waals surface area contributed by atoms with Crippen molar-refractivity contribution in [1.29, 1.82) is 0 Å². The number of nitrogens with one attached hydrogen (secondary N) is 1. The van der Waals surface area contributed by atoms with Crippen LogP contribution in [0.5, 0.6) is 0 Å². The predicted octanol–water partition coefficient (Wildman–Crippen LogP) is 1.15. The molecule has 2 aromatic rings. The molecular weight excluding hydrogens is 385 g/mol. The highest BCUT2D eigenvalue weighted by Crippen LogP contribution is 2.23. The number of nitrogens with zero attached hydrogens (tertiary/aromatic N) is 3. The van der Waals surface area contributed by atoms with E-state index < -0.39 is 15.8 Å². The Balaban J connectivity index is 2.40. The van der Waals surface area contributed by atoms with Gasteiger partial charge in [-0.3, -0.25) is 4.72 Å². The van der Waals surface area contributed by atoms with Crippen LogP contribution in [0.3, 0.4) is 0 Å². The SMILES string of the molecule is Cn1nnc(Br)c1S(=O)(=O)Nc1ccc(C(N)=S)cc1F. The van der Waals surface area contributed by atoms with Gasteiger partial charge in [0.05, 0.1) is 5.69 Å². The minimum Gasteiger partial charge on any atom is -0.389 e. The van der Waals surface area contributed by atoms with Gasteiger partial charge in [0.2, 0.25) is 5.03 Å². The van der Waals surface area contributed by atoms with Gasteiger partial charge in [0.25, 0.3) is 10.0 Å². The average molecular weight is 394 g/mol. The zero-order valence-electron chi connectivity index (χ0n) is 10.5. The Morgan fingerprint density at radius 2 is 2.19 bits per heavy atom. The number of halogens is 2. The van der Waals surface area contributed by atoms with Crippen molar-refractivity contribution in [2.75, 3.05) is 4.72 Å². The summed E-state index contributed by atoms with van der Waals surface area (Å²) >= 11 is 7.69. The van der Waals surface area contributed by atoms with E-state index in [1.807, 2.05) is 0 Å². The van der Waals surface area contributed by atoms with Crippen LogP contribution in [0.1, 0.15) is 5.56 Å². The third kappa shape index (κ3) is 3.19. The third-order valence-corrected chi connectivity index (χ3v) is 4.98. The molecule has 0 saturated carbocycles. The minimum atomic E-state index is -4.05. The van der Waals surface area contributed by atoms with E-state index in [9.17, 15) is 12.8 Å². The molecule has 11 heteroatoms. The summed E-state index contributed by atoms with van der Waals surface area (Å²) in [6.45, 7) is 0. The number of benzene rings is 1. The average Bonchev–Trinajstić information content (AvgIpc) is 2.71. The molecule has 0 radical (unpaired) electrons. The third-order valence-electron chi connectivity index (χ3n) is 2.49. The normalized spacial score (nSPS) is 11.4. The van der Waals surface area contributed by atoms with Gasteiger partial charge in [0.15, 0.2) is 4.60 Å². The number of thiocarbonyl (C=S) groups is 1. The van der Waals surface area contributed by atoms with Crippen LogP contribution < -0.4 is 10.5 Å².